The molecule has 1 fully saturated rings. The second-order valence-electron chi connectivity index (χ2n) is 4.42. The van der Waals surface area contributed by atoms with Crippen LogP contribution in [0.5, 0.6) is 0 Å². The lowest BCUT2D eigenvalue weighted by atomic mass is 9.98. The third-order valence-corrected chi connectivity index (χ3v) is 3.88. The fourth-order valence-corrected chi connectivity index (χ4v) is 3.01. The van der Waals surface area contributed by atoms with Crippen LogP contribution in [0.1, 0.15) is 31.2 Å². The number of piperidine rings is 1. The summed E-state index contributed by atoms with van der Waals surface area (Å²) in [5.74, 6) is -0.179. The predicted molar refractivity (Wildman–Crippen MR) is 66.2 cm³/mol. The number of nitrogens with two attached hydrogens (primary N) is 1. The van der Waals surface area contributed by atoms with Crippen molar-refractivity contribution in [2.45, 2.75) is 38.3 Å². The first-order valence-corrected chi connectivity index (χ1v) is 6.73. The van der Waals surface area contributed by atoms with Crippen molar-refractivity contribution >= 4 is 17.2 Å². The van der Waals surface area contributed by atoms with E-state index in [0.717, 1.165) is 19.5 Å². The summed E-state index contributed by atoms with van der Waals surface area (Å²) in [4.78, 5) is 13.4. The van der Waals surface area contributed by atoms with Gasteiger partial charge in [-0.1, -0.05) is 6.42 Å². The number of hydrogen-bond acceptors (Lipinski definition) is 3. The molecule has 88 valence electrons. The molecule has 1 aromatic rings. The number of nitrogens with zero attached hydrogens (tertiary/aromatic N) is 1. The van der Waals surface area contributed by atoms with E-state index >= 15 is 0 Å². The summed E-state index contributed by atoms with van der Waals surface area (Å²) in [5.41, 5.74) is 6.64. The minimum Gasteiger partial charge on any atom is -0.370 e. The van der Waals surface area contributed by atoms with E-state index in [1.54, 1.807) is 11.3 Å². The van der Waals surface area contributed by atoms with Crippen LogP contribution < -0.4 is 5.73 Å². The number of carbonyl (C=O) groups excluding carboxylic acids is 1. The zero-order chi connectivity index (χ0) is 11.4. The molecule has 0 aliphatic carbocycles. The van der Waals surface area contributed by atoms with E-state index in [-0.39, 0.29) is 5.91 Å². The molecule has 0 radical (unpaired) electrons. The third-order valence-electron chi connectivity index (χ3n) is 3.15. The second kappa shape index (κ2) is 5.46. The van der Waals surface area contributed by atoms with Crippen molar-refractivity contribution in [1.82, 2.24) is 4.90 Å². The lowest BCUT2D eigenvalue weighted by Crippen LogP contribution is -2.41. The molecule has 4 heteroatoms. The molecular formula is C12H18N2OS. The second-order valence-corrected chi connectivity index (χ2v) is 5.20. The maximum atomic E-state index is 11.0. The van der Waals surface area contributed by atoms with Gasteiger partial charge in [0.25, 0.3) is 0 Å². The van der Waals surface area contributed by atoms with Gasteiger partial charge in [0.15, 0.2) is 0 Å². The summed E-state index contributed by atoms with van der Waals surface area (Å²) in [6.45, 7) is 2.05. The first-order valence-electron chi connectivity index (χ1n) is 5.79. The fraction of sp³-hybridized carbons (Fsp3) is 0.583. The Labute approximate surface area is 100 Å². The van der Waals surface area contributed by atoms with Crippen LogP contribution in [-0.4, -0.2) is 23.4 Å². The van der Waals surface area contributed by atoms with Crippen molar-refractivity contribution in [2.24, 2.45) is 5.73 Å². The number of primary amides is 1. The molecule has 0 bridgehead atoms. The molecule has 1 atom stereocenters. The van der Waals surface area contributed by atoms with Gasteiger partial charge in [-0.15, -0.1) is 0 Å². The molecule has 0 saturated carbocycles. The quantitative estimate of drug-likeness (QED) is 0.872. The van der Waals surface area contributed by atoms with E-state index in [4.69, 9.17) is 5.73 Å². The third kappa shape index (κ3) is 3.06. The molecule has 1 aliphatic heterocycles. The molecule has 1 unspecified atom stereocenters. The highest BCUT2D eigenvalue weighted by atomic mass is 32.1. The summed E-state index contributed by atoms with van der Waals surface area (Å²) in [7, 11) is 0. The van der Waals surface area contributed by atoms with Gasteiger partial charge in [0.05, 0.1) is 0 Å². The summed E-state index contributed by atoms with van der Waals surface area (Å²) in [6.07, 6.45) is 4.06. The Morgan fingerprint density at radius 2 is 2.44 bits per heavy atom. The first kappa shape index (κ1) is 11.6. The maximum Gasteiger partial charge on any atom is 0.218 e. The Balaban J connectivity index is 1.96. The van der Waals surface area contributed by atoms with Crippen LogP contribution in [0.2, 0.25) is 0 Å². The molecule has 0 aromatic carbocycles. The standard InChI is InChI=1S/C12H18N2OS/c13-12(15)7-11-3-1-2-5-14(11)8-10-4-6-16-9-10/h4,6,9,11H,1-3,5,7-8H2,(H2,13,15). The largest absolute Gasteiger partial charge is 0.370 e. The van der Waals surface area contributed by atoms with Gasteiger partial charge in [-0.25, -0.2) is 0 Å². The average Bonchev–Trinajstić information content (AvgIpc) is 2.73. The smallest absolute Gasteiger partial charge is 0.218 e. The predicted octanol–water partition coefficient (Wildman–Crippen LogP) is 1.98. The van der Waals surface area contributed by atoms with Crippen molar-refractivity contribution in [2.75, 3.05) is 6.54 Å². The Hall–Kier alpha value is -0.870. The molecule has 1 aromatic heterocycles. The minimum absolute atomic E-state index is 0.179. The number of rotatable bonds is 4. The molecule has 2 N–H and O–H groups in total. The van der Waals surface area contributed by atoms with Crippen LogP contribution in [0, 0.1) is 0 Å². The van der Waals surface area contributed by atoms with Gasteiger partial charge in [0, 0.05) is 19.0 Å². The van der Waals surface area contributed by atoms with E-state index in [0.29, 0.717) is 12.5 Å². The van der Waals surface area contributed by atoms with Gasteiger partial charge in [-0.3, -0.25) is 9.69 Å². The van der Waals surface area contributed by atoms with Crippen molar-refractivity contribution in [3.05, 3.63) is 22.4 Å². The van der Waals surface area contributed by atoms with Crippen molar-refractivity contribution in [3.8, 4) is 0 Å². The molecule has 0 spiro atoms. The van der Waals surface area contributed by atoms with Crippen LogP contribution >= 0.6 is 11.3 Å². The van der Waals surface area contributed by atoms with Crippen LogP contribution in [0.25, 0.3) is 0 Å². The van der Waals surface area contributed by atoms with E-state index in [1.165, 1.54) is 18.4 Å². The van der Waals surface area contributed by atoms with Gasteiger partial charge < -0.3 is 5.73 Å². The highest BCUT2D eigenvalue weighted by Crippen LogP contribution is 2.22. The summed E-state index contributed by atoms with van der Waals surface area (Å²) >= 11 is 1.73. The highest BCUT2D eigenvalue weighted by Gasteiger charge is 2.23. The molecule has 1 saturated heterocycles. The zero-order valence-electron chi connectivity index (χ0n) is 9.39. The maximum absolute atomic E-state index is 11.0. The van der Waals surface area contributed by atoms with E-state index in [9.17, 15) is 4.79 Å². The molecule has 3 nitrogen and oxygen atoms in total. The van der Waals surface area contributed by atoms with Crippen LogP contribution in [-0.2, 0) is 11.3 Å². The number of likely N-dealkylation sites (tertiary alicyclic amines) is 1. The molecule has 1 aliphatic rings. The van der Waals surface area contributed by atoms with Crippen molar-refractivity contribution < 1.29 is 4.79 Å². The molecule has 2 heterocycles. The Morgan fingerprint density at radius 1 is 1.56 bits per heavy atom. The number of amides is 1. The van der Waals surface area contributed by atoms with E-state index in [2.05, 4.69) is 21.7 Å². The Morgan fingerprint density at radius 3 is 3.12 bits per heavy atom. The van der Waals surface area contributed by atoms with Crippen molar-refractivity contribution in [1.29, 1.82) is 0 Å². The van der Waals surface area contributed by atoms with Crippen LogP contribution in [0.3, 0.4) is 0 Å². The lowest BCUT2D eigenvalue weighted by molar-refractivity contribution is -0.119. The molecule has 16 heavy (non-hydrogen) atoms. The summed E-state index contributed by atoms with van der Waals surface area (Å²) in [6, 6.07) is 2.51. The van der Waals surface area contributed by atoms with Crippen LogP contribution in [0.4, 0.5) is 0 Å². The number of hydrogen-bond donors (Lipinski definition) is 1. The van der Waals surface area contributed by atoms with E-state index in [1.807, 2.05) is 0 Å². The monoisotopic (exact) mass is 238 g/mol. The molecule has 1 amide bonds. The fourth-order valence-electron chi connectivity index (χ4n) is 2.35. The SMILES string of the molecule is NC(=O)CC1CCCCN1Cc1ccsc1. The van der Waals surface area contributed by atoms with Gasteiger partial charge >= 0.3 is 0 Å². The molecular weight excluding hydrogens is 220 g/mol. The summed E-state index contributed by atoms with van der Waals surface area (Å²) < 4.78 is 0. The molecule has 2 rings (SSSR count). The Bertz CT molecular complexity index is 337. The minimum atomic E-state index is -0.179. The number of carbonyl (C=O) groups is 1. The summed E-state index contributed by atoms with van der Waals surface area (Å²) in [5, 5.41) is 4.28. The average molecular weight is 238 g/mol. The van der Waals surface area contributed by atoms with Gasteiger partial charge in [0.1, 0.15) is 0 Å². The number of thiophene rings is 1. The Kier molecular flexibility index (Phi) is 3.96. The normalized spacial score (nSPS) is 22.1. The van der Waals surface area contributed by atoms with Crippen molar-refractivity contribution in [3.63, 3.8) is 0 Å². The first-order chi connectivity index (χ1) is 7.75. The highest BCUT2D eigenvalue weighted by molar-refractivity contribution is 7.07. The van der Waals surface area contributed by atoms with Gasteiger partial charge in [-0.05, 0) is 41.8 Å². The van der Waals surface area contributed by atoms with Gasteiger partial charge in [-0.2, -0.15) is 11.3 Å². The lowest BCUT2D eigenvalue weighted by Gasteiger charge is -2.34. The van der Waals surface area contributed by atoms with E-state index < -0.39 is 0 Å². The van der Waals surface area contributed by atoms with Crippen LogP contribution in [0.15, 0.2) is 16.8 Å². The zero-order valence-corrected chi connectivity index (χ0v) is 10.2. The van der Waals surface area contributed by atoms with Gasteiger partial charge in [0.2, 0.25) is 5.91 Å². The topological polar surface area (TPSA) is 46.3 Å².